The third kappa shape index (κ3) is 2.37. The molecule has 0 saturated heterocycles. The molecule has 1 aromatic rings. The van der Waals surface area contributed by atoms with Crippen LogP contribution < -0.4 is 0 Å². The SMILES string of the molecule is S=CC=NCc1cccs1. The van der Waals surface area contributed by atoms with Crippen LogP contribution in [0.15, 0.2) is 22.5 Å². The van der Waals surface area contributed by atoms with E-state index in [-0.39, 0.29) is 0 Å². The zero-order chi connectivity index (χ0) is 7.23. The first-order valence-corrected chi connectivity index (χ1v) is 4.24. The first-order valence-electron chi connectivity index (χ1n) is 2.89. The van der Waals surface area contributed by atoms with Crippen molar-refractivity contribution in [2.45, 2.75) is 6.54 Å². The normalized spacial score (nSPS) is 10.4. The van der Waals surface area contributed by atoms with E-state index in [0.717, 1.165) is 6.54 Å². The summed E-state index contributed by atoms with van der Waals surface area (Å²) in [6.07, 6.45) is 1.65. The molecule has 0 aromatic carbocycles. The molecule has 1 rings (SSSR count). The number of nitrogens with zero attached hydrogens (tertiary/aromatic N) is 1. The van der Waals surface area contributed by atoms with Crippen LogP contribution in [0, 0.1) is 0 Å². The molecule has 52 valence electrons. The van der Waals surface area contributed by atoms with Crippen molar-refractivity contribution in [3.63, 3.8) is 0 Å². The van der Waals surface area contributed by atoms with E-state index in [1.807, 2.05) is 11.4 Å². The molecular weight excluding hydrogens is 162 g/mol. The summed E-state index contributed by atoms with van der Waals surface area (Å²) in [5.41, 5.74) is 0. The molecule has 0 fully saturated rings. The van der Waals surface area contributed by atoms with Crippen LogP contribution in [-0.2, 0) is 6.54 Å². The van der Waals surface area contributed by atoms with Gasteiger partial charge >= 0.3 is 0 Å². The minimum Gasteiger partial charge on any atom is -0.287 e. The van der Waals surface area contributed by atoms with Crippen LogP contribution in [0.25, 0.3) is 0 Å². The molecule has 0 unspecified atom stereocenters. The van der Waals surface area contributed by atoms with Crippen LogP contribution in [-0.4, -0.2) is 11.6 Å². The van der Waals surface area contributed by atoms with Gasteiger partial charge in [0.05, 0.1) is 6.54 Å². The summed E-state index contributed by atoms with van der Waals surface area (Å²) in [7, 11) is 0. The lowest BCUT2D eigenvalue weighted by Gasteiger charge is -1.84. The highest BCUT2D eigenvalue weighted by molar-refractivity contribution is 7.80. The Bertz CT molecular complexity index is 214. The molecule has 0 radical (unpaired) electrons. The molecule has 0 spiro atoms. The van der Waals surface area contributed by atoms with Gasteiger partial charge < -0.3 is 0 Å². The highest BCUT2D eigenvalue weighted by atomic mass is 32.1. The minimum atomic E-state index is 0.755. The molecule has 1 aromatic heterocycles. The van der Waals surface area contributed by atoms with Crippen molar-refractivity contribution >= 4 is 35.1 Å². The van der Waals surface area contributed by atoms with E-state index < -0.39 is 0 Å². The van der Waals surface area contributed by atoms with Crippen LogP contribution in [0.3, 0.4) is 0 Å². The van der Waals surface area contributed by atoms with E-state index >= 15 is 0 Å². The standard InChI is InChI=1S/C7H7NS2/c9-4-3-8-6-7-2-1-5-10-7/h1-5H,6H2. The second kappa shape index (κ2) is 4.30. The average molecular weight is 169 g/mol. The maximum Gasteiger partial charge on any atom is 0.0732 e. The quantitative estimate of drug-likeness (QED) is 0.499. The number of rotatable bonds is 3. The maximum atomic E-state index is 4.58. The molecule has 0 saturated carbocycles. The summed E-state index contributed by atoms with van der Waals surface area (Å²) < 4.78 is 0. The van der Waals surface area contributed by atoms with Gasteiger partial charge in [-0.1, -0.05) is 18.3 Å². The summed E-state index contributed by atoms with van der Waals surface area (Å²) in [6.45, 7) is 0.755. The molecule has 1 heterocycles. The van der Waals surface area contributed by atoms with Gasteiger partial charge in [-0.2, -0.15) is 0 Å². The van der Waals surface area contributed by atoms with E-state index in [2.05, 4.69) is 23.3 Å². The van der Waals surface area contributed by atoms with Gasteiger partial charge in [0, 0.05) is 16.5 Å². The van der Waals surface area contributed by atoms with Gasteiger partial charge in [0.2, 0.25) is 0 Å². The van der Waals surface area contributed by atoms with Crippen molar-refractivity contribution in [3.05, 3.63) is 22.4 Å². The Labute approximate surface area is 69.4 Å². The Kier molecular flexibility index (Phi) is 3.26. The predicted molar refractivity (Wildman–Crippen MR) is 50.2 cm³/mol. The largest absolute Gasteiger partial charge is 0.287 e. The molecule has 3 heteroatoms. The smallest absolute Gasteiger partial charge is 0.0732 e. The summed E-state index contributed by atoms with van der Waals surface area (Å²) >= 11 is 6.29. The van der Waals surface area contributed by atoms with Crippen LogP contribution in [0.2, 0.25) is 0 Å². The van der Waals surface area contributed by atoms with Gasteiger partial charge in [-0.25, -0.2) is 0 Å². The number of hydrogen-bond acceptors (Lipinski definition) is 3. The lowest BCUT2D eigenvalue weighted by atomic mass is 10.5. The number of thiophene rings is 1. The summed E-state index contributed by atoms with van der Waals surface area (Å²) in [6, 6.07) is 4.08. The Morgan fingerprint density at radius 3 is 3.20 bits per heavy atom. The second-order valence-electron chi connectivity index (χ2n) is 1.71. The molecular formula is C7H7NS2. The van der Waals surface area contributed by atoms with E-state index in [1.54, 1.807) is 17.6 Å². The van der Waals surface area contributed by atoms with Crippen LogP contribution in [0.1, 0.15) is 4.88 Å². The van der Waals surface area contributed by atoms with Gasteiger partial charge in [-0.05, 0) is 11.4 Å². The first kappa shape index (κ1) is 7.57. The molecule has 0 aliphatic heterocycles. The minimum absolute atomic E-state index is 0.755. The lowest BCUT2D eigenvalue weighted by Crippen LogP contribution is -1.75. The third-order valence-electron chi connectivity index (χ3n) is 0.993. The predicted octanol–water partition coefficient (Wildman–Crippen LogP) is 2.32. The zero-order valence-corrected chi connectivity index (χ0v) is 6.99. The van der Waals surface area contributed by atoms with E-state index in [1.165, 1.54) is 10.2 Å². The number of thiocarbonyl (C=S) groups is 1. The Hall–Kier alpha value is -0.540. The Balaban J connectivity index is 2.41. The molecule has 1 nitrogen and oxygen atoms in total. The zero-order valence-electron chi connectivity index (χ0n) is 5.36. The van der Waals surface area contributed by atoms with E-state index in [9.17, 15) is 0 Å². The lowest BCUT2D eigenvalue weighted by molar-refractivity contribution is 1.12. The van der Waals surface area contributed by atoms with Crippen molar-refractivity contribution in [1.82, 2.24) is 0 Å². The Morgan fingerprint density at radius 1 is 1.70 bits per heavy atom. The summed E-state index contributed by atoms with van der Waals surface area (Å²) in [5.74, 6) is 0. The van der Waals surface area contributed by atoms with E-state index in [4.69, 9.17) is 0 Å². The van der Waals surface area contributed by atoms with E-state index in [0.29, 0.717) is 0 Å². The monoisotopic (exact) mass is 169 g/mol. The highest BCUT2D eigenvalue weighted by Gasteiger charge is 1.86. The van der Waals surface area contributed by atoms with Gasteiger partial charge in [-0.15, -0.1) is 11.3 Å². The second-order valence-corrected chi connectivity index (χ2v) is 3.01. The number of aliphatic imine (C=N–C) groups is 1. The fraction of sp³-hybridized carbons (Fsp3) is 0.143. The molecule has 0 amide bonds. The number of hydrogen-bond donors (Lipinski definition) is 0. The molecule has 0 N–H and O–H groups in total. The van der Waals surface area contributed by atoms with Crippen molar-refractivity contribution in [2.24, 2.45) is 4.99 Å². The Morgan fingerprint density at radius 2 is 2.60 bits per heavy atom. The summed E-state index contributed by atoms with van der Waals surface area (Å²) in [4.78, 5) is 5.33. The van der Waals surface area contributed by atoms with Crippen molar-refractivity contribution in [2.75, 3.05) is 0 Å². The summed E-state index contributed by atoms with van der Waals surface area (Å²) in [5, 5.41) is 3.57. The fourth-order valence-corrected chi connectivity index (χ4v) is 1.31. The molecule has 0 aliphatic carbocycles. The van der Waals surface area contributed by atoms with Crippen LogP contribution >= 0.6 is 23.6 Å². The van der Waals surface area contributed by atoms with Crippen LogP contribution in [0.5, 0.6) is 0 Å². The topological polar surface area (TPSA) is 12.4 Å². The van der Waals surface area contributed by atoms with Crippen molar-refractivity contribution in [1.29, 1.82) is 0 Å². The maximum absolute atomic E-state index is 4.58. The third-order valence-corrected chi connectivity index (χ3v) is 1.98. The molecule has 0 atom stereocenters. The molecule has 10 heavy (non-hydrogen) atoms. The van der Waals surface area contributed by atoms with Gasteiger partial charge in [0.1, 0.15) is 0 Å². The highest BCUT2D eigenvalue weighted by Crippen LogP contribution is 2.08. The van der Waals surface area contributed by atoms with Crippen molar-refractivity contribution in [3.8, 4) is 0 Å². The molecule has 0 aliphatic rings. The van der Waals surface area contributed by atoms with Crippen molar-refractivity contribution < 1.29 is 0 Å². The molecule has 0 bridgehead atoms. The van der Waals surface area contributed by atoms with Crippen LogP contribution in [0.4, 0.5) is 0 Å². The van der Waals surface area contributed by atoms with Gasteiger partial charge in [-0.3, -0.25) is 4.99 Å². The first-order chi connectivity index (χ1) is 4.93. The van der Waals surface area contributed by atoms with Gasteiger partial charge in [0.15, 0.2) is 0 Å². The fourth-order valence-electron chi connectivity index (χ4n) is 0.588. The van der Waals surface area contributed by atoms with Gasteiger partial charge in [0.25, 0.3) is 0 Å². The average Bonchev–Trinajstić information content (AvgIpc) is 2.41.